The molecule has 1 aromatic carbocycles. The zero-order valence-electron chi connectivity index (χ0n) is 8.14. The predicted octanol–water partition coefficient (Wildman–Crippen LogP) is 3.27. The summed E-state index contributed by atoms with van der Waals surface area (Å²) in [6.45, 7) is 0. The van der Waals surface area contributed by atoms with Gasteiger partial charge in [0.1, 0.15) is 0 Å². The molecule has 0 spiro atoms. The van der Waals surface area contributed by atoms with Crippen LogP contribution in [-0.2, 0) is 0 Å². The minimum Gasteiger partial charge on any atom is -0.324 e. The number of alkyl halides is 5. The summed E-state index contributed by atoms with van der Waals surface area (Å²) in [4.78, 5) is 0. The van der Waals surface area contributed by atoms with Gasteiger partial charge in [0.05, 0.1) is 0 Å². The summed E-state index contributed by atoms with van der Waals surface area (Å²) in [6.07, 6.45) is -7.00. The monoisotopic (exact) mass is 239 g/mol. The minimum atomic E-state index is -5.56. The van der Waals surface area contributed by atoms with Gasteiger partial charge in [0.2, 0.25) is 0 Å². The van der Waals surface area contributed by atoms with Gasteiger partial charge in [-0.15, -0.1) is 0 Å². The zero-order valence-corrected chi connectivity index (χ0v) is 8.14. The normalized spacial score (nSPS) is 14.9. The Hall–Kier alpha value is -1.17. The molecule has 0 saturated carbocycles. The topological polar surface area (TPSA) is 26.0 Å². The highest BCUT2D eigenvalue weighted by molar-refractivity contribution is 5.18. The summed E-state index contributed by atoms with van der Waals surface area (Å²) < 4.78 is 61.0. The zero-order chi connectivity index (χ0) is 12.4. The lowest BCUT2D eigenvalue weighted by Crippen LogP contribution is -2.39. The second kappa shape index (κ2) is 4.37. The molecule has 1 aromatic rings. The largest absolute Gasteiger partial charge is 0.453 e. The Balaban J connectivity index is 2.76. The molecule has 0 fully saturated rings. The van der Waals surface area contributed by atoms with Gasteiger partial charge in [-0.2, -0.15) is 22.0 Å². The van der Waals surface area contributed by atoms with Crippen LogP contribution in [0, 0.1) is 0 Å². The van der Waals surface area contributed by atoms with Crippen molar-refractivity contribution in [3.63, 3.8) is 0 Å². The summed E-state index contributed by atoms with van der Waals surface area (Å²) in [5, 5.41) is 0. The number of benzene rings is 1. The van der Waals surface area contributed by atoms with Crippen molar-refractivity contribution in [2.24, 2.45) is 5.73 Å². The van der Waals surface area contributed by atoms with Crippen LogP contribution in [0.25, 0.3) is 0 Å². The van der Waals surface area contributed by atoms with E-state index in [-0.39, 0.29) is 5.56 Å². The van der Waals surface area contributed by atoms with Gasteiger partial charge in [0, 0.05) is 12.5 Å². The summed E-state index contributed by atoms with van der Waals surface area (Å²) >= 11 is 0. The Kier molecular flexibility index (Phi) is 3.52. The van der Waals surface area contributed by atoms with Gasteiger partial charge in [-0.05, 0) is 5.56 Å². The first kappa shape index (κ1) is 12.9. The molecule has 0 saturated heterocycles. The minimum absolute atomic E-state index is 0.256. The van der Waals surface area contributed by atoms with Crippen LogP contribution in [0.2, 0.25) is 0 Å². The third-order valence-corrected chi connectivity index (χ3v) is 2.12. The molecule has 1 unspecified atom stereocenters. The molecule has 0 radical (unpaired) electrons. The van der Waals surface area contributed by atoms with Crippen LogP contribution in [0.3, 0.4) is 0 Å². The van der Waals surface area contributed by atoms with Crippen molar-refractivity contribution < 1.29 is 22.0 Å². The van der Waals surface area contributed by atoms with E-state index in [1.807, 2.05) is 0 Å². The average molecular weight is 239 g/mol. The third-order valence-electron chi connectivity index (χ3n) is 2.12. The Bertz CT molecular complexity index is 333. The summed E-state index contributed by atoms with van der Waals surface area (Å²) in [5.74, 6) is -4.76. The van der Waals surface area contributed by atoms with Gasteiger partial charge >= 0.3 is 12.1 Å². The second-order valence-corrected chi connectivity index (χ2v) is 3.42. The van der Waals surface area contributed by atoms with E-state index in [2.05, 4.69) is 0 Å². The molecule has 0 aromatic heterocycles. The van der Waals surface area contributed by atoms with Crippen molar-refractivity contribution in [3.8, 4) is 0 Å². The Labute approximate surface area is 89.1 Å². The van der Waals surface area contributed by atoms with Gasteiger partial charge in [0.25, 0.3) is 0 Å². The van der Waals surface area contributed by atoms with Crippen LogP contribution in [0.15, 0.2) is 30.3 Å². The maximum absolute atomic E-state index is 12.7. The van der Waals surface area contributed by atoms with Crippen LogP contribution < -0.4 is 5.73 Å². The highest BCUT2D eigenvalue weighted by atomic mass is 19.4. The fourth-order valence-electron chi connectivity index (χ4n) is 1.21. The molecular weight excluding hydrogens is 229 g/mol. The summed E-state index contributed by atoms with van der Waals surface area (Å²) in [5.41, 5.74) is 5.55. The van der Waals surface area contributed by atoms with Crippen LogP contribution in [-0.4, -0.2) is 12.1 Å². The van der Waals surface area contributed by atoms with Crippen molar-refractivity contribution in [2.75, 3.05) is 0 Å². The average Bonchev–Trinajstić information content (AvgIpc) is 2.16. The molecule has 0 aliphatic carbocycles. The first-order valence-corrected chi connectivity index (χ1v) is 4.49. The van der Waals surface area contributed by atoms with E-state index >= 15 is 0 Å². The lowest BCUT2D eigenvalue weighted by Gasteiger charge is -2.23. The van der Waals surface area contributed by atoms with E-state index in [4.69, 9.17) is 5.73 Å². The van der Waals surface area contributed by atoms with E-state index in [0.29, 0.717) is 0 Å². The molecule has 0 heterocycles. The first-order valence-electron chi connectivity index (χ1n) is 4.49. The van der Waals surface area contributed by atoms with Crippen molar-refractivity contribution in [3.05, 3.63) is 35.9 Å². The van der Waals surface area contributed by atoms with Gasteiger partial charge in [0.15, 0.2) is 0 Å². The number of hydrogen-bond acceptors (Lipinski definition) is 1. The molecule has 90 valence electrons. The lowest BCUT2D eigenvalue weighted by atomic mass is 10.0. The van der Waals surface area contributed by atoms with Crippen LogP contribution >= 0.6 is 0 Å². The van der Waals surface area contributed by atoms with Crippen LogP contribution in [0.5, 0.6) is 0 Å². The van der Waals surface area contributed by atoms with Gasteiger partial charge < -0.3 is 5.73 Å². The molecule has 16 heavy (non-hydrogen) atoms. The maximum Gasteiger partial charge on any atom is 0.453 e. The Morgan fingerprint density at radius 1 is 1.00 bits per heavy atom. The molecule has 0 aliphatic rings. The molecule has 1 rings (SSSR count). The number of halogens is 5. The Morgan fingerprint density at radius 3 is 1.94 bits per heavy atom. The van der Waals surface area contributed by atoms with Gasteiger partial charge in [-0.25, -0.2) is 0 Å². The molecule has 6 heteroatoms. The van der Waals surface area contributed by atoms with Gasteiger partial charge in [-0.1, -0.05) is 30.3 Å². The molecule has 2 N–H and O–H groups in total. The molecule has 1 nitrogen and oxygen atoms in total. The lowest BCUT2D eigenvalue weighted by molar-refractivity contribution is -0.285. The predicted molar refractivity (Wildman–Crippen MR) is 49.0 cm³/mol. The number of nitrogens with two attached hydrogens (primary N) is 1. The molecule has 1 atom stereocenters. The third kappa shape index (κ3) is 2.91. The standard InChI is InChI=1S/C10H10F5N/c11-9(12,10(13,14)15)6-8(16)7-4-2-1-3-5-7/h1-5,8H,6,16H2. The van der Waals surface area contributed by atoms with Crippen molar-refractivity contribution in [2.45, 2.75) is 24.6 Å². The molecule has 0 aliphatic heterocycles. The van der Waals surface area contributed by atoms with E-state index in [0.717, 1.165) is 0 Å². The van der Waals surface area contributed by atoms with E-state index in [9.17, 15) is 22.0 Å². The first-order chi connectivity index (χ1) is 7.24. The van der Waals surface area contributed by atoms with Crippen LogP contribution in [0.1, 0.15) is 18.0 Å². The number of rotatable bonds is 3. The Morgan fingerprint density at radius 2 is 1.50 bits per heavy atom. The summed E-state index contributed by atoms with van der Waals surface area (Å²) in [7, 11) is 0. The quantitative estimate of drug-likeness (QED) is 0.805. The molecule has 0 amide bonds. The maximum atomic E-state index is 12.7. The fourth-order valence-corrected chi connectivity index (χ4v) is 1.21. The van der Waals surface area contributed by atoms with Crippen LogP contribution in [0.4, 0.5) is 22.0 Å². The smallest absolute Gasteiger partial charge is 0.324 e. The number of hydrogen-bond donors (Lipinski definition) is 1. The summed E-state index contributed by atoms with van der Waals surface area (Å²) in [6, 6.07) is 6.17. The highest BCUT2D eigenvalue weighted by Crippen LogP contribution is 2.40. The second-order valence-electron chi connectivity index (χ2n) is 3.42. The van der Waals surface area contributed by atoms with E-state index < -0.39 is 24.6 Å². The van der Waals surface area contributed by atoms with Crippen molar-refractivity contribution >= 4 is 0 Å². The van der Waals surface area contributed by atoms with Crippen molar-refractivity contribution in [1.29, 1.82) is 0 Å². The fraction of sp³-hybridized carbons (Fsp3) is 0.400. The molecular formula is C10H10F5N. The van der Waals surface area contributed by atoms with E-state index in [1.54, 1.807) is 6.07 Å². The van der Waals surface area contributed by atoms with Gasteiger partial charge in [-0.3, -0.25) is 0 Å². The van der Waals surface area contributed by atoms with E-state index in [1.165, 1.54) is 24.3 Å². The van der Waals surface area contributed by atoms with Crippen molar-refractivity contribution in [1.82, 2.24) is 0 Å². The SMILES string of the molecule is NC(CC(F)(F)C(F)(F)F)c1ccccc1. The molecule has 0 bridgehead atoms. The highest BCUT2D eigenvalue weighted by Gasteiger charge is 2.57.